The molecule has 0 radical (unpaired) electrons. The molecule has 2 nitrogen and oxygen atoms in total. The summed E-state index contributed by atoms with van der Waals surface area (Å²) in [5, 5.41) is 0. The van der Waals surface area contributed by atoms with Gasteiger partial charge in [0.2, 0.25) is 0 Å². The van der Waals surface area contributed by atoms with E-state index in [9.17, 15) is 0 Å². The van der Waals surface area contributed by atoms with Gasteiger partial charge in [0.1, 0.15) is 4.60 Å². The van der Waals surface area contributed by atoms with Crippen LogP contribution in [-0.2, 0) is 4.74 Å². The van der Waals surface area contributed by atoms with Crippen molar-refractivity contribution in [1.82, 2.24) is 4.98 Å². The Labute approximate surface area is 103 Å². The molecule has 1 saturated heterocycles. The second-order valence-corrected chi connectivity index (χ2v) is 2.81. The number of nitrogens with zero attached hydrogens (tertiary/aromatic N) is 1. The summed E-state index contributed by atoms with van der Waals surface area (Å²) < 4.78 is 98.0. The maximum atomic E-state index is 8.43. The number of ether oxygens (including phenoxy) is 1. The number of pyridine rings is 1. The lowest BCUT2D eigenvalue weighted by Crippen LogP contribution is -2.15. The minimum Gasteiger partial charge on any atom is -0.381 e. The molecule has 0 spiro atoms. The maximum absolute atomic E-state index is 8.43. The number of hydrogen-bond donors (Lipinski definition) is 0. The molecule has 0 saturated carbocycles. The van der Waals surface area contributed by atoms with Crippen LogP contribution in [0.15, 0.2) is 22.7 Å². The molecule has 0 N–H and O–H groups in total. The van der Waals surface area contributed by atoms with Gasteiger partial charge in [-0.05, 0) is 40.8 Å². The van der Waals surface area contributed by atoms with Crippen LogP contribution >= 0.6 is 15.9 Å². The van der Waals surface area contributed by atoms with Crippen LogP contribution in [0, 0.1) is 0 Å². The summed E-state index contributed by atoms with van der Waals surface area (Å²) in [6, 6.07) is -2.32. The Morgan fingerprint density at radius 3 is 3.15 bits per heavy atom. The molecule has 1 aliphatic heterocycles. The first-order valence-electron chi connectivity index (χ1n) is 9.29. The van der Waals surface area contributed by atoms with Crippen LogP contribution in [0.5, 0.6) is 0 Å². The van der Waals surface area contributed by atoms with E-state index in [-0.39, 0.29) is 4.60 Å². The maximum Gasteiger partial charge on any atom is 0.106 e. The number of hydrogen-bond acceptors (Lipinski definition) is 2. The van der Waals surface area contributed by atoms with E-state index in [4.69, 9.17) is 16.4 Å². The summed E-state index contributed by atoms with van der Waals surface area (Å²) in [4.78, 5) is 3.62. The normalized spacial score (nSPS) is 50.2. The Morgan fingerprint density at radius 2 is 2.38 bits per heavy atom. The lowest BCUT2D eigenvalue weighted by atomic mass is 9.96. The van der Waals surface area contributed by atoms with Gasteiger partial charge in [-0.3, -0.25) is 0 Å². The van der Waals surface area contributed by atoms with Crippen molar-refractivity contribution in [2.24, 2.45) is 0 Å². The van der Waals surface area contributed by atoms with Crippen molar-refractivity contribution in [3.8, 4) is 0 Å². The summed E-state index contributed by atoms with van der Waals surface area (Å²) in [6.07, 6.45) is -6.99. The van der Waals surface area contributed by atoms with Crippen molar-refractivity contribution in [2.75, 3.05) is 13.1 Å². The van der Waals surface area contributed by atoms with Gasteiger partial charge >= 0.3 is 0 Å². The highest BCUT2D eigenvalue weighted by atomic mass is 79.9. The van der Waals surface area contributed by atoms with Gasteiger partial charge in [-0.1, -0.05) is 6.04 Å². The topological polar surface area (TPSA) is 22.1 Å². The molecule has 0 amide bonds. The van der Waals surface area contributed by atoms with Gasteiger partial charge in [0.05, 0.1) is 9.60 Å². The monoisotopic (exact) mass is 253 g/mol. The van der Waals surface area contributed by atoms with Crippen molar-refractivity contribution in [3.63, 3.8) is 0 Å². The molecule has 2 rings (SSSR count). The van der Waals surface area contributed by atoms with Gasteiger partial charge in [-0.15, -0.1) is 0 Å². The predicted molar refractivity (Wildman–Crippen MR) is 54.7 cm³/mol. The zero-order valence-corrected chi connectivity index (χ0v) is 7.82. The van der Waals surface area contributed by atoms with Crippen LogP contribution in [0.2, 0.25) is 0 Å². The van der Waals surface area contributed by atoms with E-state index in [1.54, 1.807) is 0 Å². The molecule has 0 aromatic carbocycles. The van der Waals surface area contributed by atoms with E-state index in [0.717, 1.165) is 0 Å². The molecule has 70 valence electrons. The fourth-order valence-corrected chi connectivity index (χ4v) is 1.02. The smallest absolute Gasteiger partial charge is 0.106 e. The highest BCUT2D eigenvalue weighted by molar-refractivity contribution is 9.10. The van der Waals surface area contributed by atoms with E-state index in [0.29, 0.717) is 0 Å². The lowest BCUT2D eigenvalue weighted by Gasteiger charge is -2.21. The Hall–Kier alpha value is -0.410. The standard InChI is InChI=1S/C10H12BrNO/c11-10-3-1-2-9(12-10)8-4-6-13-7-5-8/h1-3,8H,4-7H2/i1D,2D,3D,4D2,5D2,6D2,7D2,8D. The first-order chi connectivity index (χ1) is 11.0. The minimum absolute atomic E-state index is 0.380. The van der Waals surface area contributed by atoms with E-state index < -0.39 is 55.6 Å². The Morgan fingerprint density at radius 1 is 1.62 bits per heavy atom. The third-order valence-electron chi connectivity index (χ3n) is 1.25. The molecule has 13 heavy (non-hydrogen) atoms. The van der Waals surface area contributed by atoms with Crippen molar-refractivity contribution < 1.29 is 21.2 Å². The summed E-state index contributed by atoms with van der Waals surface area (Å²) in [5.74, 6) is -3.39. The first kappa shape index (κ1) is 2.58. The minimum atomic E-state index is -3.49. The van der Waals surface area contributed by atoms with Gasteiger partial charge in [-0.2, -0.15) is 0 Å². The second-order valence-electron chi connectivity index (χ2n) is 2.06. The third-order valence-corrected chi connectivity index (χ3v) is 1.62. The van der Waals surface area contributed by atoms with Crippen LogP contribution < -0.4 is 0 Å². The lowest BCUT2D eigenvalue weighted by molar-refractivity contribution is 0.0845. The molecule has 1 aromatic rings. The van der Waals surface area contributed by atoms with Crippen LogP contribution in [-0.4, -0.2) is 18.1 Å². The largest absolute Gasteiger partial charge is 0.381 e. The average Bonchev–Trinajstić information content (AvgIpc) is 2.45. The van der Waals surface area contributed by atoms with E-state index in [1.165, 1.54) is 0 Å². The van der Waals surface area contributed by atoms with E-state index >= 15 is 0 Å². The molecule has 3 heteroatoms. The predicted octanol–water partition coefficient (Wildman–Crippen LogP) is 2.74. The Balaban J connectivity index is 2.97. The van der Waals surface area contributed by atoms with Crippen LogP contribution in [0.25, 0.3) is 0 Å². The zero-order chi connectivity index (χ0) is 19.8. The number of rotatable bonds is 1. The molecule has 0 atom stereocenters. The molecule has 2 heterocycles. The zero-order valence-electron chi connectivity index (χ0n) is 18.2. The summed E-state index contributed by atoms with van der Waals surface area (Å²) >= 11 is 2.81. The van der Waals surface area contributed by atoms with E-state index in [2.05, 4.69) is 25.7 Å². The Bertz CT molecular complexity index is 709. The van der Waals surface area contributed by atoms with Crippen LogP contribution in [0.1, 0.15) is 40.8 Å². The van der Waals surface area contributed by atoms with Gasteiger partial charge in [0.15, 0.2) is 0 Å². The molecule has 1 aromatic heterocycles. The molecular weight excluding hydrogens is 230 g/mol. The molecule has 0 bridgehead atoms. The fourth-order valence-electron chi connectivity index (χ4n) is 0.743. The Kier molecular flexibility index (Phi) is 0.835. The summed E-state index contributed by atoms with van der Waals surface area (Å²) in [6.45, 7) is -6.88. The molecule has 0 aliphatic carbocycles. The van der Waals surface area contributed by atoms with Crippen LogP contribution in [0.4, 0.5) is 0 Å². The van der Waals surface area contributed by atoms with Crippen LogP contribution in [0.3, 0.4) is 0 Å². The highest BCUT2D eigenvalue weighted by Gasteiger charge is 2.16. The second kappa shape index (κ2) is 4.20. The highest BCUT2D eigenvalue weighted by Crippen LogP contribution is 2.25. The number of halogens is 1. The van der Waals surface area contributed by atoms with Crippen molar-refractivity contribution in [3.05, 3.63) is 28.4 Å². The van der Waals surface area contributed by atoms with Gasteiger partial charge in [-0.25, -0.2) is 4.98 Å². The summed E-state index contributed by atoms with van der Waals surface area (Å²) in [5.41, 5.74) is -1.01. The molecule has 1 aliphatic rings. The molecule has 0 unspecified atom stereocenters. The van der Waals surface area contributed by atoms with E-state index in [1.807, 2.05) is 0 Å². The fraction of sp³-hybridized carbons (Fsp3) is 0.500. The first-order valence-corrected chi connectivity index (χ1v) is 4.09. The molecule has 1 fully saturated rings. The average molecular weight is 254 g/mol. The summed E-state index contributed by atoms with van der Waals surface area (Å²) in [7, 11) is 0. The molecular formula is C10H12BrNO. The third kappa shape index (κ3) is 2.29. The quantitative estimate of drug-likeness (QED) is 0.719. The number of aromatic nitrogens is 1. The van der Waals surface area contributed by atoms with Crippen molar-refractivity contribution in [2.45, 2.75) is 18.6 Å². The van der Waals surface area contributed by atoms with Crippen molar-refractivity contribution in [1.29, 1.82) is 0 Å². The van der Waals surface area contributed by atoms with Gasteiger partial charge < -0.3 is 4.74 Å². The van der Waals surface area contributed by atoms with Gasteiger partial charge in [0, 0.05) is 31.6 Å². The van der Waals surface area contributed by atoms with Gasteiger partial charge in [0.25, 0.3) is 0 Å². The SMILES string of the molecule is [2H]c1c(Br)nc(C2([2H])C([2H])([2H])C([2H])([2H])OC([2H])([2H])C2([2H])[2H])c([2H])c1[2H]. The van der Waals surface area contributed by atoms with Crippen molar-refractivity contribution >= 4 is 15.9 Å².